The summed E-state index contributed by atoms with van der Waals surface area (Å²) in [6.45, 7) is 12.5. The number of aryl methyl sites for hydroxylation is 1. The Bertz CT molecular complexity index is 1060. The normalized spacial score (nSPS) is 19.1. The molecule has 4 rings (SSSR count). The number of benzene rings is 2. The highest BCUT2D eigenvalue weighted by Gasteiger charge is 2.41. The van der Waals surface area contributed by atoms with Crippen LogP contribution in [0, 0.1) is 0 Å². The van der Waals surface area contributed by atoms with Crippen molar-refractivity contribution in [3.8, 4) is 16.9 Å². The highest BCUT2D eigenvalue weighted by atomic mass is 32.2. The van der Waals surface area contributed by atoms with Crippen LogP contribution in [0.5, 0.6) is 5.75 Å². The molecule has 0 bridgehead atoms. The Kier molecular flexibility index (Phi) is 6.19. The van der Waals surface area contributed by atoms with Crippen molar-refractivity contribution in [1.29, 1.82) is 0 Å². The van der Waals surface area contributed by atoms with Gasteiger partial charge >= 0.3 is 0 Å². The lowest BCUT2D eigenvalue weighted by Crippen LogP contribution is -2.54. The Balaban J connectivity index is 1.46. The highest BCUT2D eigenvalue weighted by molar-refractivity contribution is 7.91. The Labute approximate surface area is 193 Å². The van der Waals surface area contributed by atoms with Gasteiger partial charge in [0.25, 0.3) is 0 Å². The van der Waals surface area contributed by atoms with Crippen LogP contribution in [0.2, 0.25) is 0 Å². The van der Waals surface area contributed by atoms with E-state index in [0.717, 1.165) is 61.2 Å². The maximum absolute atomic E-state index is 12.2. The van der Waals surface area contributed by atoms with Crippen molar-refractivity contribution in [2.45, 2.75) is 82.4 Å². The number of nitrogens with zero attached hydrogens (tertiary/aromatic N) is 1. The summed E-state index contributed by atoms with van der Waals surface area (Å²) >= 11 is 0. The molecule has 4 nitrogen and oxygen atoms in total. The zero-order valence-electron chi connectivity index (χ0n) is 20.1. The molecule has 0 saturated carbocycles. The van der Waals surface area contributed by atoms with E-state index in [1.54, 1.807) is 13.8 Å². The lowest BCUT2D eigenvalue weighted by atomic mass is 9.81. The topological polar surface area (TPSA) is 46.6 Å². The largest absolute Gasteiger partial charge is 0.487 e. The number of sulfone groups is 1. The van der Waals surface area contributed by atoms with Crippen LogP contribution in [-0.2, 0) is 22.0 Å². The number of likely N-dealkylation sites (tertiary alicyclic amines) is 1. The number of piperidine rings is 1. The van der Waals surface area contributed by atoms with Gasteiger partial charge in [-0.1, -0.05) is 30.3 Å². The molecule has 0 atom stereocenters. The minimum absolute atomic E-state index is 0.0141. The van der Waals surface area contributed by atoms with Crippen LogP contribution in [0.1, 0.15) is 65.0 Å². The molecule has 0 aromatic heterocycles. The van der Waals surface area contributed by atoms with Gasteiger partial charge in [-0.3, -0.25) is 4.90 Å². The molecule has 2 aromatic carbocycles. The molecule has 1 fully saturated rings. The van der Waals surface area contributed by atoms with Crippen LogP contribution >= 0.6 is 0 Å². The van der Waals surface area contributed by atoms with Crippen LogP contribution < -0.4 is 4.74 Å². The van der Waals surface area contributed by atoms with Gasteiger partial charge in [-0.2, -0.15) is 0 Å². The Morgan fingerprint density at radius 1 is 0.969 bits per heavy atom. The van der Waals surface area contributed by atoms with Crippen molar-refractivity contribution >= 4 is 9.84 Å². The second-order valence-corrected chi connectivity index (χ2v) is 13.4. The second-order valence-electron chi connectivity index (χ2n) is 10.8. The summed E-state index contributed by atoms with van der Waals surface area (Å²) < 4.78 is 31.0. The third-order valence-corrected chi connectivity index (χ3v) is 9.41. The summed E-state index contributed by atoms with van der Waals surface area (Å²) in [5, 5.41) is -0.355. The van der Waals surface area contributed by atoms with Crippen LogP contribution in [0.15, 0.2) is 42.5 Å². The molecule has 174 valence electrons. The zero-order valence-corrected chi connectivity index (χ0v) is 21.0. The summed E-state index contributed by atoms with van der Waals surface area (Å²) in [4.78, 5) is 2.57. The highest BCUT2D eigenvalue weighted by Crippen LogP contribution is 2.41. The summed E-state index contributed by atoms with van der Waals surface area (Å²) in [6, 6.07) is 14.4. The molecule has 0 amide bonds. The van der Waals surface area contributed by atoms with Gasteiger partial charge in [0.15, 0.2) is 9.84 Å². The van der Waals surface area contributed by atoms with E-state index in [2.05, 4.69) is 43.9 Å². The SMILES string of the molecule is CC(C)S(=O)(=O)Cc1ccc(-c2ccc3c(c2)CCC2(CCN(C(C)(C)C)CC2)O3)cc1. The number of fused-ring (bicyclic) bond motifs is 1. The van der Waals surface area contributed by atoms with E-state index in [1.807, 2.05) is 24.3 Å². The molecule has 32 heavy (non-hydrogen) atoms. The van der Waals surface area contributed by atoms with Crippen molar-refractivity contribution in [1.82, 2.24) is 4.90 Å². The molecule has 0 N–H and O–H groups in total. The number of ether oxygens (including phenoxy) is 1. The zero-order chi connectivity index (χ0) is 23.1. The van der Waals surface area contributed by atoms with Crippen LogP contribution in [0.3, 0.4) is 0 Å². The molecule has 1 saturated heterocycles. The number of hydrogen-bond donors (Lipinski definition) is 0. The van der Waals surface area contributed by atoms with Gasteiger partial charge in [0.1, 0.15) is 11.4 Å². The van der Waals surface area contributed by atoms with E-state index in [0.29, 0.717) is 0 Å². The van der Waals surface area contributed by atoms with E-state index in [-0.39, 0.29) is 22.1 Å². The van der Waals surface area contributed by atoms with Crippen LogP contribution in [-0.4, -0.2) is 42.8 Å². The fraction of sp³-hybridized carbons (Fsp3) is 0.556. The van der Waals surface area contributed by atoms with E-state index in [1.165, 1.54) is 5.56 Å². The summed E-state index contributed by atoms with van der Waals surface area (Å²) in [5.74, 6) is 1.13. The summed E-state index contributed by atoms with van der Waals surface area (Å²) in [5.41, 5.74) is 4.59. The second kappa shape index (κ2) is 8.49. The molecule has 5 heteroatoms. The standard InChI is InChI=1S/C27H37NO3S/c1-20(2)32(29,30)19-21-6-8-22(9-7-21)23-10-11-25-24(18-23)12-13-27(31-25)14-16-28(17-15-27)26(3,4)5/h6-11,18,20H,12-17,19H2,1-5H3. The third kappa shape index (κ3) is 4.89. The first-order valence-electron chi connectivity index (χ1n) is 11.9. The van der Waals surface area contributed by atoms with Crippen LogP contribution in [0.4, 0.5) is 0 Å². The van der Waals surface area contributed by atoms with E-state index in [4.69, 9.17) is 4.74 Å². The first-order chi connectivity index (χ1) is 15.0. The molecule has 0 radical (unpaired) electrons. The average molecular weight is 456 g/mol. The molecule has 2 heterocycles. The molecular formula is C27H37NO3S. The lowest BCUT2D eigenvalue weighted by molar-refractivity contribution is -0.0355. The van der Waals surface area contributed by atoms with Gasteiger partial charge in [0.2, 0.25) is 0 Å². The predicted octanol–water partition coefficient (Wildman–Crippen LogP) is 5.63. The minimum atomic E-state index is -3.09. The van der Waals surface area contributed by atoms with Crippen molar-refractivity contribution in [2.75, 3.05) is 13.1 Å². The van der Waals surface area contributed by atoms with E-state index < -0.39 is 9.84 Å². The maximum atomic E-state index is 12.2. The molecule has 0 aliphatic carbocycles. The molecular weight excluding hydrogens is 418 g/mol. The maximum Gasteiger partial charge on any atom is 0.156 e. The summed E-state index contributed by atoms with van der Waals surface area (Å²) in [6.07, 6.45) is 4.30. The van der Waals surface area contributed by atoms with Gasteiger partial charge in [0.05, 0.1) is 11.0 Å². The fourth-order valence-electron chi connectivity index (χ4n) is 4.83. The molecule has 2 aliphatic rings. The Morgan fingerprint density at radius 3 is 2.19 bits per heavy atom. The average Bonchev–Trinajstić information content (AvgIpc) is 2.73. The first-order valence-corrected chi connectivity index (χ1v) is 13.6. The van der Waals surface area contributed by atoms with Crippen molar-refractivity contribution in [2.24, 2.45) is 0 Å². The summed E-state index contributed by atoms with van der Waals surface area (Å²) in [7, 11) is -3.09. The number of rotatable bonds is 4. The van der Waals surface area contributed by atoms with Crippen LogP contribution in [0.25, 0.3) is 11.1 Å². The monoisotopic (exact) mass is 455 g/mol. The molecule has 2 aliphatic heterocycles. The quantitative estimate of drug-likeness (QED) is 0.599. The van der Waals surface area contributed by atoms with Gasteiger partial charge in [-0.05, 0) is 94.7 Å². The van der Waals surface area contributed by atoms with E-state index in [9.17, 15) is 8.42 Å². The molecule has 2 aromatic rings. The van der Waals surface area contributed by atoms with Gasteiger partial charge < -0.3 is 4.74 Å². The lowest BCUT2D eigenvalue weighted by Gasteiger charge is -2.48. The van der Waals surface area contributed by atoms with Gasteiger partial charge in [0, 0.05) is 18.6 Å². The Morgan fingerprint density at radius 2 is 1.59 bits per heavy atom. The first kappa shape index (κ1) is 23.3. The van der Waals surface area contributed by atoms with E-state index >= 15 is 0 Å². The third-order valence-electron chi connectivity index (χ3n) is 7.23. The van der Waals surface area contributed by atoms with Crippen molar-refractivity contribution in [3.63, 3.8) is 0 Å². The van der Waals surface area contributed by atoms with Crippen molar-refractivity contribution in [3.05, 3.63) is 53.6 Å². The molecule has 0 unspecified atom stereocenters. The molecule has 1 spiro atoms. The minimum Gasteiger partial charge on any atom is -0.487 e. The van der Waals surface area contributed by atoms with Gasteiger partial charge in [-0.25, -0.2) is 8.42 Å². The predicted molar refractivity (Wildman–Crippen MR) is 132 cm³/mol. The Hall–Kier alpha value is -1.85. The van der Waals surface area contributed by atoms with Crippen molar-refractivity contribution < 1.29 is 13.2 Å². The smallest absolute Gasteiger partial charge is 0.156 e. The fourth-order valence-corrected chi connectivity index (χ4v) is 5.82. The number of hydrogen-bond acceptors (Lipinski definition) is 4. The van der Waals surface area contributed by atoms with Gasteiger partial charge in [-0.15, -0.1) is 0 Å².